The molecule has 0 aromatic heterocycles. The third kappa shape index (κ3) is 6.57. The number of hydrogen-bond donors (Lipinski definition) is 1. The molecule has 0 radical (unpaired) electrons. The largest absolute Gasteiger partial charge is 0.417 e. The molecule has 170 valence electrons. The normalized spacial score (nSPS) is 15.2. The first kappa shape index (κ1) is 24.9. The molecule has 1 aromatic carbocycles. The maximum absolute atomic E-state index is 13.3. The lowest BCUT2D eigenvalue weighted by molar-refractivity contribution is -0.137. The van der Waals surface area contributed by atoms with Crippen molar-refractivity contribution in [1.82, 2.24) is 9.80 Å². The number of rotatable bonds is 5. The number of piperidine rings is 1. The number of nitrogens with one attached hydrogen (secondary N) is 1. The summed E-state index contributed by atoms with van der Waals surface area (Å²) in [6.45, 7) is 9.26. The average Bonchev–Trinajstić information content (AvgIpc) is 2.67. The minimum atomic E-state index is -4.63. The highest BCUT2D eigenvalue weighted by molar-refractivity contribution is 7.80. The van der Waals surface area contributed by atoms with Crippen molar-refractivity contribution in [2.45, 2.75) is 65.2 Å². The number of carbonyl (C=O) groups excluding carboxylic acids is 1. The van der Waals surface area contributed by atoms with E-state index < -0.39 is 17.3 Å². The zero-order valence-corrected chi connectivity index (χ0v) is 19.1. The van der Waals surface area contributed by atoms with Crippen LogP contribution >= 0.6 is 12.2 Å². The Kier molecular flexibility index (Phi) is 8.29. The lowest BCUT2D eigenvalue weighted by Gasteiger charge is -2.42. The summed E-state index contributed by atoms with van der Waals surface area (Å²) in [6, 6.07) is 5.18. The zero-order chi connectivity index (χ0) is 23.3. The van der Waals surface area contributed by atoms with Gasteiger partial charge in [-0.3, -0.25) is 4.79 Å². The Hall–Kier alpha value is -2.34. The number of amides is 1. The summed E-state index contributed by atoms with van der Waals surface area (Å²) in [4.78, 5) is 16.2. The van der Waals surface area contributed by atoms with Crippen molar-refractivity contribution >= 4 is 28.9 Å². The van der Waals surface area contributed by atoms with Gasteiger partial charge in [-0.1, -0.05) is 13.8 Å². The number of benzene rings is 1. The number of hydrogen-bond acceptors (Lipinski definition) is 3. The van der Waals surface area contributed by atoms with Crippen LogP contribution in [0.15, 0.2) is 18.2 Å². The van der Waals surface area contributed by atoms with Gasteiger partial charge in [0.15, 0.2) is 5.11 Å². The molecule has 1 heterocycles. The van der Waals surface area contributed by atoms with Gasteiger partial charge in [-0.25, -0.2) is 0 Å². The van der Waals surface area contributed by atoms with Crippen LogP contribution in [-0.4, -0.2) is 46.0 Å². The summed E-state index contributed by atoms with van der Waals surface area (Å²) in [5.41, 5.74) is -1.23. The highest BCUT2D eigenvalue weighted by Crippen LogP contribution is 2.33. The van der Waals surface area contributed by atoms with Crippen molar-refractivity contribution in [3.05, 3.63) is 29.3 Å². The van der Waals surface area contributed by atoms with Crippen molar-refractivity contribution in [3.8, 4) is 6.07 Å². The molecule has 5 nitrogen and oxygen atoms in total. The molecule has 1 aromatic rings. The first-order valence-corrected chi connectivity index (χ1v) is 10.8. The highest BCUT2D eigenvalue weighted by Gasteiger charge is 2.34. The topological polar surface area (TPSA) is 59.4 Å². The smallest absolute Gasteiger partial charge is 0.343 e. The fourth-order valence-corrected chi connectivity index (χ4v) is 4.31. The van der Waals surface area contributed by atoms with Crippen LogP contribution in [0.3, 0.4) is 0 Å². The molecular formula is C22H29F3N4OS. The monoisotopic (exact) mass is 454 g/mol. The Morgan fingerprint density at radius 3 is 2.39 bits per heavy atom. The van der Waals surface area contributed by atoms with Gasteiger partial charge < -0.3 is 15.1 Å². The summed E-state index contributed by atoms with van der Waals surface area (Å²) in [5, 5.41) is 12.2. The Labute approximate surface area is 187 Å². The van der Waals surface area contributed by atoms with Crippen molar-refractivity contribution in [1.29, 1.82) is 5.26 Å². The minimum Gasteiger partial charge on any atom is -0.343 e. The van der Waals surface area contributed by atoms with Crippen LogP contribution in [0.5, 0.6) is 0 Å². The standard InChI is InChI=1S/C22H29F3N4OS/c1-14(2)11-20(30)28-9-7-18(8-10-28)29(15(3)4)21(31)27-17-6-5-16(13-26)19(12-17)22(23,24)25/h5-6,12,14-15,18H,7-11H2,1-4H3,(H,27,31). The van der Waals surface area contributed by atoms with E-state index >= 15 is 0 Å². The molecule has 0 saturated carbocycles. The molecule has 2 rings (SSSR count). The molecule has 0 aliphatic carbocycles. The fourth-order valence-electron chi connectivity index (χ4n) is 3.84. The Bertz CT molecular complexity index is 840. The van der Waals surface area contributed by atoms with Gasteiger partial charge in [0.05, 0.1) is 17.2 Å². The second kappa shape index (κ2) is 10.3. The van der Waals surface area contributed by atoms with Gasteiger partial charge in [0, 0.05) is 37.3 Å². The van der Waals surface area contributed by atoms with Gasteiger partial charge in [-0.2, -0.15) is 18.4 Å². The number of thiocarbonyl (C=S) groups is 1. The van der Waals surface area contributed by atoms with Gasteiger partial charge in [0.25, 0.3) is 0 Å². The lowest BCUT2D eigenvalue weighted by Crippen LogP contribution is -2.52. The maximum Gasteiger partial charge on any atom is 0.417 e. The van der Waals surface area contributed by atoms with E-state index in [9.17, 15) is 18.0 Å². The minimum absolute atomic E-state index is 0.0309. The van der Waals surface area contributed by atoms with E-state index in [1.54, 1.807) is 6.07 Å². The van der Waals surface area contributed by atoms with Crippen LogP contribution in [0, 0.1) is 17.2 Å². The Balaban J connectivity index is 2.11. The second-order valence-electron chi connectivity index (χ2n) is 8.51. The molecular weight excluding hydrogens is 425 g/mol. The number of halogens is 3. The summed E-state index contributed by atoms with van der Waals surface area (Å²) < 4.78 is 39.8. The van der Waals surface area contributed by atoms with Gasteiger partial charge in [0.2, 0.25) is 5.91 Å². The summed E-state index contributed by atoms with van der Waals surface area (Å²) in [7, 11) is 0. The first-order chi connectivity index (χ1) is 14.4. The highest BCUT2D eigenvalue weighted by atomic mass is 32.1. The fraction of sp³-hybridized carbons (Fsp3) is 0.591. The van der Waals surface area contributed by atoms with E-state index in [0.717, 1.165) is 25.0 Å². The Morgan fingerprint density at radius 2 is 1.90 bits per heavy atom. The first-order valence-electron chi connectivity index (χ1n) is 10.4. The second-order valence-corrected chi connectivity index (χ2v) is 8.90. The molecule has 1 N–H and O–H groups in total. The van der Waals surface area contributed by atoms with Crippen LogP contribution in [0.25, 0.3) is 0 Å². The number of carbonyl (C=O) groups is 1. The van der Waals surface area contributed by atoms with E-state index in [0.29, 0.717) is 30.5 Å². The average molecular weight is 455 g/mol. The molecule has 9 heteroatoms. The molecule has 0 spiro atoms. The van der Waals surface area contributed by atoms with E-state index in [-0.39, 0.29) is 23.7 Å². The van der Waals surface area contributed by atoms with E-state index in [1.807, 2.05) is 37.5 Å². The van der Waals surface area contributed by atoms with Crippen LogP contribution < -0.4 is 5.32 Å². The zero-order valence-electron chi connectivity index (χ0n) is 18.3. The number of nitrogens with zero attached hydrogens (tertiary/aromatic N) is 3. The van der Waals surface area contributed by atoms with E-state index in [1.165, 1.54) is 6.07 Å². The third-order valence-corrected chi connectivity index (χ3v) is 5.59. The molecule has 0 atom stereocenters. The summed E-state index contributed by atoms with van der Waals surface area (Å²) in [5.74, 6) is 0.464. The summed E-state index contributed by atoms with van der Waals surface area (Å²) >= 11 is 5.54. The number of anilines is 1. The van der Waals surface area contributed by atoms with E-state index in [2.05, 4.69) is 5.32 Å². The van der Waals surface area contributed by atoms with Gasteiger partial charge >= 0.3 is 6.18 Å². The molecule has 0 bridgehead atoms. The SMILES string of the molecule is CC(C)CC(=O)N1CCC(N(C(=S)Nc2ccc(C#N)c(C(F)(F)F)c2)C(C)C)CC1. The van der Waals surface area contributed by atoms with Gasteiger partial charge in [0.1, 0.15) is 0 Å². The van der Waals surface area contributed by atoms with Gasteiger partial charge in [-0.05, 0) is 63.0 Å². The van der Waals surface area contributed by atoms with Crippen LogP contribution in [0.2, 0.25) is 0 Å². The quantitative estimate of drug-likeness (QED) is 0.633. The van der Waals surface area contributed by atoms with Crippen LogP contribution in [0.4, 0.5) is 18.9 Å². The Morgan fingerprint density at radius 1 is 1.29 bits per heavy atom. The van der Waals surface area contributed by atoms with Crippen molar-refractivity contribution in [3.63, 3.8) is 0 Å². The van der Waals surface area contributed by atoms with Crippen molar-refractivity contribution in [2.75, 3.05) is 18.4 Å². The number of nitriles is 1. The molecule has 1 fully saturated rings. The van der Waals surface area contributed by atoms with Crippen molar-refractivity contribution < 1.29 is 18.0 Å². The molecule has 1 aliphatic rings. The molecule has 31 heavy (non-hydrogen) atoms. The van der Waals surface area contributed by atoms with Crippen LogP contribution in [-0.2, 0) is 11.0 Å². The maximum atomic E-state index is 13.3. The summed E-state index contributed by atoms with van der Waals surface area (Å²) in [6.07, 6.45) is -2.62. The molecule has 1 amide bonds. The number of alkyl halides is 3. The predicted octanol–water partition coefficient (Wildman–Crippen LogP) is 5.02. The molecule has 1 aliphatic heterocycles. The van der Waals surface area contributed by atoms with E-state index in [4.69, 9.17) is 17.5 Å². The number of likely N-dealkylation sites (tertiary alicyclic amines) is 1. The lowest BCUT2D eigenvalue weighted by atomic mass is 10.0. The third-order valence-electron chi connectivity index (χ3n) is 5.28. The van der Waals surface area contributed by atoms with Crippen LogP contribution in [0.1, 0.15) is 58.1 Å². The van der Waals surface area contributed by atoms with Crippen molar-refractivity contribution in [2.24, 2.45) is 5.92 Å². The van der Waals surface area contributed by atoms with Gasteiger partial charge in [-0.15, -0.1) is 0 Å². The molecule has 1 saturated heterocycles. The predicted molar refractivity (Wildman–Crippen MR) is 118 cm³/mol. The molecule has 0 unspecified atom stereocenters.